The number of nitrogens with zero attached hydrogens (tertiary/aromatic N) is 1. The Labute approximate surface area is 164 Å². The summed E-state index contributed by atoms with van der Waals surface area (Å²) in [5.74, 6) is 0.328. The molecular formula is C22H28N5O+. The topological polar surface area (TPSA) is 120 Å². The normalized spacial score (nSPS) is 22.8. The summed E-state index contributed by atoms with van der Waals surface area (Å²) in [7, 11) is 0. The zero-order valence-corrected chi connectivity index (χ0v) is 16.0. The third kappa shape index (κ3) is 3.64. The van der Waals surface area contributed by atoms with E-state index < -0.39 is 0 Å². The molecule has 28 heavy (non-hydrogen) atoms. The molecule has 2 saturated carbocycles. The van der Waals surface area contributed by atoms with Gasteiger partial charge in [-0.05, 0) is 56.2 Å². The van der Waals surface area contributed by atoms with Crippen LogP contribution in [0.15, 0.2) is 30.6 Å². The largest absolute Gasteiger partial charge is 0.404 e. The first-order valence-electron chi connectivity index (χ1n) is 10.1. The van der Waals surface area contributed by atoms with Crippen LogP contribution in [-0.4, -0.2) is 29.1 Å². The van der Waals surface area contributed by atoms with E-state index in [9.17, 15) is 4.79 Å². The summed E-state index contributed by atoms with van der Waals surface area (Å²) in [4.78, 5) is 17.5. The maximum absolute atomic E-state index is 12.9. The van der Waals surface area contributed by atoms with E-state index in [0.717, 1.165) is 66.3 Å². The van der Waals surface area contributed by atoms with Crippen LogP contribution in [-0.2, 0) is 0 Å². The van der Waals surface area contributed by atoms with Gasteiger partial charge in [0, 0.05) is 35.8 Å². The average Bonchev–Trinajstić information content (AvgIpc) is 3.56. The Hall–Kier alpha value is -2.73. The van der Waals surface area contributed by atoms with Gasteiger partial charge in [0.1, 0.15) is 0 Å². The number of carbonyl (C=O) groups is 1. The number of fused-ring (bicyclic) bond motifs is 1. The summed E-state index contributed by atoms with van der Waals surface area (Å²) in [6.07, 6.45) is 10.7. The minimum Gasteiger partial charge on any atom is -0.404 e. The molecule has 6 heteroatoms. The van der Waals surface area contributed by atoms with Gasteiger partial charge >= 0.3 is 0 Å². The Morgan fingerprint density at radius 1 is 1.18 bits per heavy atom. The van der Waals surface area contributed by atoms with Crippen LogP contribution in [0, 0.1) is 5.92 Å². The van der Waals surface area contributed by atoms with Crippen molar-refractivity contribution < 1.29 is 10.2 Å². The van der Waals surface area contributed by atoms with Gasteiger partial charge < -0.3 is 16.8 Å². The van der Waals surface area contributed by atoms with E-state index in [1.165, 1.54) is 12.4 Å². The molecule has 0 atom stereocenters. The fraction of sp³-hybridized carbons (Fsp3) is 0.409. The van der Waals surface area contributed by atoms with Crippen molar-refractivity contribution in [1.29, 1.82) is 0 Å². The maximum atomic E-state index is 12.9. The number of ketones is 1. The van der Waals surface area contributed by atoms with Crippen LogP contribution in [0.25, 0.3) is 16.5 Å². The van der Waals surface area contributed by atoms with Crippen molar-refractivity contribution in [1.82, 2.24) is 4.98 Å². The molecule has 1 aromatic heterocycles. The summed E-state index contributed by atoms with van der Waals surface area (Å²) in [5.41, 5.74) is 15.9. The van der Waals surface area contributed by atoms with E-state index in [-0.39, 0.29) is 17.7 Å². The molecule has 0 unspecified atom stereocenters. The van der Waals surface area contributed by atoms with Crippen LogP contribution in [0.5, 0.6) is 0 Å². The van der Waals surface area contributed by atoms with Crippen molar-refractivity contribution in [2.45, 2.75) is 50.6 Å². The SMILES string of the molecule is N/C=C(\C=[NH2+])c1ccc2ncc(C(=O)C3CC3)c(NC3CCC(N)CC3)c2c1. The molecule has 1 heterocycles. The maximum Gasteiger partial charge on any atom is 0.169 e. The lowest BCUT2D eigenvalue weighted by Crippen LogP contribution is -2.33. The van der Waals surface area contributed by atoms with E-state index in [1.807, 2.05) is 18.2 Å². The third-order valence-electron chi connectivity index (χ3n) is 5.89. The molecule has 4 rings (SSSR count). The molecule has 2 aromatic rings. The van der Waals surface area contributed by atoms with E-state index in [2.05, 4.69) is 10.3 Å². The summed E-state index contributed by atoms with van der Waals surface area (Å²) in [6.45, 7) is 0. The van der Waals surface area contributed by atoms with Crippen molar-refractivity contribution in [3.63, 3.8) is 0 Å². The zero-order valence-electron chi connectivity index (χ0n) is 16.0. The number of aromatic nitrogens is 1. The smallest absolute Gasteiger partial charge is 0.169 e. The van der Waals surface area contributed by atoms with E-state index in [4.69, 9.17) is 16.9 Å². The second-order valence-corrected chi connectivity index (χ2v) is 7.96. The first-order chi connectivity index (χ1) is 13.6. The number of pyridine rings is 1. The van der Waals surface area contributed by atoms with E-state index in [1.54, 1.807) is 6.20 Å². The number of benzene rings is 1. The Morgan fingerprint density at radius 2 is 1.93 bits per heavy atom. The Kier molecular flexibility index (Phi) is 5.13. The molecule has 7 N–H and O–H groups in total. The lowest BCUT2D eigenvalue weighted by atomic mass is 9.91. The van der Waals surface area contributed by atoms with Gasteiger partial charge in [0.2, 0.25) is 0 Å². The highest BCUT2D eigenvalue weighted by Gasteiger charge is 2.33. The van der Waals surface area contributed by atoms with Crippen LogP contribution < -0.4 is 22.2 Å². The first-order valence-corrected chi connectivity index (χ1v) is 10.1. The Morgan fingerprint density at radius 3 is 2.57 bits per heavy atom. The molecule has 146 valence electrons. The van der Waals surface area contributed by atoms with Gasteiger partial charge in [-0.3, -0.25) is 15.2 Å². The molecule has 2 aliphatic rings. The number of carbonyl (C=O) groups excluding carboxylic acids is 1. The lowest BCUT2D eigenvalue weighted by Gasteiger charge is -2.29. The zero-order chi connectivity index (χ0) is 19.7. The molecule has 0 saturated heterocycles. The number of nitrogens with two attached hydrogens (primary N) is 3. The van der Waals surface area contributed by atoms with Crippen molar-refractivity contribution >= 4 is 34.2 Å². The summed E-state index contributed by atoms with van der Waals surface area (Å²) < 4.78 is 0. The van der Waals surface area contributed by atoms with Crippen LogP contribution in [0.1, 0.15) is 54.4 Å². The quantitative estimate of drug-likeness (QED) is 0.450. The average molecular weight is 379 g/mol. The van der Waals surface area contributed by atoms with Crippen LogP contribution in [0.2, 0.25) is 0 Å². The fourth-order valence-corrected chi connectivity index (χ4v) is 4.00. The summed E-state index contributed by atoms with van der Waals surface area (Å²) in [6, 6.07) is 6.51. The Bertz CT molecular complexity index is 939. The van der Waals surface area contributed by atoms with Gasteiger partial charge in [-0.2, -0.15) is 0 Å². The molecule has 0 radical (unpaired) electrons. The van der Waals surface area contributed by atoms with Gasteiger partial charge in [0.05, 0.1) is 22.3 Å². The Balaban J connectivity index is 1.80. The van der Waals surface area contributed by atoms with Crippen molar-refractivity contribution in [3.05, 3.63) is 41.7 Å². The molecule has 2 aliphatic carbocycles. The van der Waals surface area contributed by atoms with Crippen LogP contribution in [0.3, 0.4) is 0 Å². The van der Waals surface area contributed by atoms with E-state index in [0.29, 0.717) is 11.6 Å². The first kappa shape index (κ1) is 18.6. The second-order valence-electron chi connectivity index (χ2n) is 7.96. The number of allylic oxidation sites excluding steroid dienone is 1. The number of hydrogen-bond donors (Lipinski definition) is 4. The van der Waals surface area contributed by atoms with Gasteiger partial charge in [0.15, 0.2) is 12.0 Å². The van der Waals surface area contributed by atoms with Crippen LogP contribution in [0.4, 0.5) is 5.69 Å². The van der Waals surface area contributed by atoms with Gasteiger partial charge in [0.25, 0.3) is 0 Å². The standard InChI is InChI=1S/C22H27N5O/c23-10-15(11-24)14-3-8-20-18(9-14)21(27-17-6-4-16(25)5-7-17)19(12-26-20)22(28)13-1-2-13/h3,8-13,16-17,23H,1-2,4-7,24-25H2,(H,26,27)/p+1/b15-11+,23-10?. The predicted molar refractivity (Wildman–Crippen MR) is 113 cm³/mol. The molecule has 6 nitrogen and oxygen atoms in total. The molecule has 0 amide bonds. The highest BCUT2D eigenvalue weighted by molar-refractivity contribution is 6.12. The lowest BCUT2D eigenvalue weighted by molar-refractivity contribution is -0.103. The molecule has 2 fully saturated rings. The van der Waals surface area contributed by atoms with E-state index >= 15 is 0 Å². The highest BCUT2D eigenvalue weighted by atomic mass is 16.1. The number of anilines is 1. The number of nitrogens with one attached hydrogen (secondary N) is 1. The monoisotopic (exact) mass is 378 g/mol. The third-order valence-corrected chi connectivity index (χ3v) is 5.89. The summed E-state index contributed by atoms with van der Waals surface area (Å²) in [5, 5.41) is 10.3. The fourth-order valence-electron chi connectivity index (χ4n) is 4.00. The van der Waals surface area contributed by atoms with Gasteiger partial charge in [-0.1, -0.05) is 6.07 Å². The van der Waals surface area contributed by atoms with Crippen LogP contribution >= 0.6 is 0 Å². The molecule has 0 spiro atoms. The molecule has 0 aliphatic heterocycles. The second kappa shape index (κ2) is 7.72. The molecular weight excluding hydrogens is 350 g/mol. The number of rotatable bonds is 6. The van der Waals surface area contributed by atoms with Crippen molar-refractivity contribution in [3.8, 4) is 0 Å². The minimum absolute atomic E-state index is 0.139. The molecule has 0 bridgehead atoms. The highest BCUT2D eigenvalue weighted by Crippen LogP contribution is 2.38. The minimum atomic E-state index is 0.139. The predicted octanol–water partition coefficient (Wildman–Crippen LogP) is 1.64. The molecule has 1 aromatic carbocycles. The van der Waals surface area contributed by atoms with Crippen molar-refractivity contribution in [2.24, 2.45) is 17.4 Å². The van der Waals surface area contributed by atoms with Gasteiger partial charge in [-0.15, -0.1) is 0 Å². The van der Waals surface area contributed by atoms with Crippen molar-refractivity contribution in [2.75, 3.05) is 5.32 Å². The number of Topliss-reactive ketones (excluding diaryl/α,β-unsaturated/α-hetero) is 1. The summed E-state index contributed by atoms with van der Waals surface area (Å²) >= 11 is 0. The number of hydrogen-bond acceptors (Lipinski definition) is 5. The van der Waals surface area contributed by atoms with Gasteiger partial charge in [-0.25, -0.2) is 0 Å².